The highest BCUT2D eigenvalue weighted by Crippen LogP contribution is 2.43. The Balaban J connectivity index is 1.89. The second-order valence-electron chi connectivity index (χ2n) is 6.78. The van der Waals surface area contributed by atoms with Crippen LogP contribution in [0.1, 0.15) is 24.3 Å². The standard InChI is InChI=1S/C21H16Cl2O2S/c1-21(2,19-4-3-5-26-19)13-8-17(24)20-16(11-25-18(20)9-13)12-6-14(22)10-15(23)7-12/h3-11,24H,1-2H3. The predicted octanol–water partition coefficient (Wildman–Crippen LogP) is 7.50. The Kier molecular flexibility index (Phi) is 4.26. The summed E-state index contributed by atoms with van der Waals surface area (Å²) in [5.74, 6) is 0.182. The Hall–Kier alpha value is -1.94. The Morgan fingerprint density at radius 1 is 1.04 bits per heavy atom. The van der Waals surface area contributed by atoms with Gasteiger partial charge in [-0.15, -0.1) is 11.3 Å². The zero-order chi connectivity index (χ0) is 18.5. The van der Waals surface area contributed by atoms with Gasteiger partial charge in [0.1, 0.15) is 11.3 Å². The average Bonchev–Trinajstić information content (AvgIpc) is 3.24. The number of halogens is 2. The molecule has 0 saturated heterocycles. The van der Waals surface area contributed by atoms with E-state index in [2.05, 4.69) is 25.3 Å². The lowest BCUT2D eigenvalue weighted by molar-refractivity contribution is 0.478. The van der Waals surface area contributed by atoms with E-state index in [9.17, 15) is 5.11 Å². The summed E-state index contributed by atoms with van der Waals surface area (Å²) < 4.78 is 5.77. The van der Waals surface area contributed by atoms with Crippen LogP contribution < -0.4 is 0 Å². The second kappa shape index (κ2) is 6.34. The molecule has 5 heteroatoms. The van der Waals surface area contributed by atoms with Gasteiger partial charge in [0.05, 0.1) is 11.6 Å². The van der Waals surface area contributed by atoms with Crippen LogP contribution in [0, 0.1) is 0 Å². The Morgan fingerprint density at radius 3 is 2.42 bits per heavy atom. The first-order valence-electron chi connectivity index (χ1n) is 8.11. The molecule has 0 unspecified atom stereocenters. The maximum atomic E-state index is 10.8. The van der Waals surface area contributed by atoms with Crippen molar-refractivity contribution >= 4 is 45.5 Å². The highest BCUT2D eigenvalue weighted by atomic mass is 35.5. The first-order chi connectivity index (χ1) is 12.4. The molecule has 0 spiro atoms. The van der Waals surface area contributed by atoms with Crippen LogP contribution in [0.15, 0.2) is 58.5 Å². The van der Waals surface area contributed by atoms with E-state index in [-0.39, 0.29) is 11.2 Å². The first kappa shape index (κ1) is 17.5. The summed E-state index contributed by atoms with van der Waals surface area (Å²) in [5, 5.41) is 14.6. The number of thiophene rings is 1. The second-order valence-corrected chi connectivity index (χ2v) is 8.60. The molecule has 0 radical (unpaired) electrons. The normalized spacial score (nSPS) is 12.0. The maximum absolute atomic E-state index is 10.8. The molecule has 132 valence electrons. The van der Waals surface area contributed by atoms with Crippen molar-refractivity contribution in [2.45, 2.75) is 19.3 Å². The predicted molar refractivity (Wildman–Crippen MR) is 110 cm³/mol. The molecule has 0 fully saturated rings. The number of furan rings is 1. The van der Waals surface area contributed by atoms with Crippen LogP contribution in [0.2, 0.25) is 10.0 Å². The molecule has 0 aliphatic carbocycles. The van der Waals surface area contributed by atoms with Crippen molar-refractivity contribution in [1.29, 1.82) is 0 Å². The number of benzene rings is 2. The Bertz CT molecular complexity index is 1070. The lowest BCUT2D eigenvalue weighted by Crippen LogP contribution is -2.17. The third kappa shape index (κ3) is 2.90. The monoisotopic (exact) mass is 402 g/mol. The van der Waals surface area contributed by atoms with Gasteiger partial charge in [0, 0.05) is 25.9 Å². The van der Waals surface area contributed by atoms with E-state index in [4.69, 9.17) is 27.6 Å². The molecule has 1 N–H and O–H groups in total. The minimum Gasteiger partial charge on any atom is -0.507 e. The Labute approximate surface area is 165 Å². The third-order valence-corrected chi connectivity index (χ3v) is 6.32. The van der Waals surface area contributed by atoms with E-state index < -0.39 is 0 Å². The minimum absolute atomic E-state index is 0.182. The van der Waals surface area contributed by atoms with E-state index in [1.165, 1.54) is 4.88 Å². The number of rotatable bonds is 3. The van der Waals surface area contributed by atoms with Crippen molar-refractivity contribution in [3.63, 3.8) is 0 Å². The fraction of sp³-hybridized carbons (Fsp3) is 0.143. The van der Waals surface area contributed by atoms with Crippen molar-refractivity contribution in [3.05, 3.63) is 74.6 Å². The molecule has 0 amide bonds. The van der Waals surface area contributed by atoms with Crippen molar-refractivity contribution in [2.24, 2.45) is 0 Å². The van der Waals surface area contributed by atoms with Gasteiger partial charge in [0.2, 0.25) is 0 Å². The van der Waals surface area contributed by atoms with Gasteiger partial charge >= 0.3 is 0 Å². The van der Waals surface area contributed by atoms with Gasteiger partial charge in [0.15, 0.2) is 0 Å². The van der Waals surface area contributed by atoms with Gasteiger partial charge in [0.25, 0.3) is 0 Å². The van der Waals surface area contributed by atoms with Gasteiger partial charge in [-0.05, 0) is 52.9 Å². The zero-order valence-electron chi connectivity index (χ0n) is 14.2. The lowest BCUT2D eigenvalue weighted by atomic mass is 9.82. The highest BCUT2D eigenvalue weighted by Gasteiger charge is 2.27. The zero-order valence-corrected chi connectivity index (χ0v) is 16.5. The largest absolute Gasteiger partial charge is 0.507 e. The van der Waals surface area contributed by atoms with Crippen molar-refractivity contribution < 1.29 is 9.52 Å². The minimum atomic E-state index is -0.230. The molecular formula is C21H16Cl2O2S. The Morgan fingerprint density at radius 2 is 1.77 bits per heavy atom. The van der Waals surface area contributed by atoms with E-state index >= 15 is 0 Å². The van der Waals surface area contributed by atoms with Gasteiger partial charge < -0.3 is 9.52 Å². The van der Waals surface area contributed by atoms with E-state index in [1.54, 1.807) is 35.8 Å². The van der Waals surface area contributed by atoms with Crippen LogP contribution in [0.5, 0.6) is 5.75 Å². The number of hydrogen-bond acceptors (Lipinski definition) is 3. The number of fused-ring (bicyclic) bond motifs is 1. The fourth-order valence-corrected chi connectivity index (χ4v) is 4.60. The molecule has 4 rings (SSSR count). The van der Waals surface area contributed by atoms with Crippen LogP contribution >= 0.6 is 34.5 Å². The molecule has 0 bridgehead atoms. The topological polar surface area (TPSA) is 33.4 Å². The van der Waals surface area contributed by atoms with Gasteiger partial charge in [-0.3, -0.25) is 0 Å². The van der Waals surface area contributed by atoms with Crippen LogP contribution in [0.25, 0.3) is 22.1 Å². The number of aromatic hydroxyl groups is 1. The molecule has 0 atom stereocenters. The molecule has 2 aromatic carbocycles. The molecular weight excluding hydrogens is 387 g/mol. The fourth-order valence-electron chi connectivity index (χ4n) is 3.20. The van der Waals surface area contributed by atoms with E-state index in [1.807, 2.05) is 18.2 Å². The number of phenolic OH excluding ortho intramolecular Hbond substituents is 1. The maximum Gasteiger partial charge on any atom is 0.138 e. The summed E-state index contributed by atoms with van der Waals surface area (Å²) in [5.41, 5.74) is 2.97. The molecule has 0 aliphatic heterocycles. The number of phenols is 1. The molecule has 0 aliphatic rings. The summed E-state index contributed by atoms with van der Waals surface area (Å²) in [6.07, 6.45) is 1.63. The lowest BCUT2D eigenvalue weighted by Gasteiger charge is -2.24. The summed E-state index contributed by atoms with van der Waals surface area (Å²) in [7, 11) is 0. The van der Waals surface area contributed by atoms with Crippen LogP contribution in [-0.4, -0.2) is 5.11 Å². The van der Waals surface area contributed by atoms with Gasteiger partial charge in [-0.25, -0.2) is 0 Å². The summed E-state index contributed by atoms with van der Waals surface area (Å²) in [6, 6.07) is 13.2. The summed E-state index contributed by atoms with van der Waals surface area (Å²) in [4.78, 5) is 1.23. The quantitative estimate of drug-likeness (QED) is 0.384. The molecule has 2 aromatic heterocycles. The highest BCUT2D eigenvalue weighted by molar-refractivity contribution is 7.10. The van der Waals surface area contributed by atoms with Crippen molar-refractivity contribution in [2.75, 3.05) is 0 Å². The summed E-state index contributed by atoms with van der Waals surface area (Å²) >= 11 is 13.9. The van der Waals surface area contributed by atoms with E-state index in [0.29, 0.717) is 21.0 Å². The molecule has 0 saturated carbocycles. The molecule has 4 aromatic rings. The summed E-state index contributed by atoms with van der Waals surface area (Å²) in [6.45, 7) is 4.28. The first-order valence-corrected chi connectivity index (χ1v) is 9.75. The van der Waals surface area contributed by atoms with Crippen LogP contribution in [-0.2, 0) is 5.41 Å². The van der Waals surface area contributed by atoms with Crippen molar-refractivity contribution in [3.8, 4) is 16.9 Å². The van der Waals surface area contributed by atoms with E-state index in [0.717, 1.165) is 16.7 Å². The number of hydrogen-bond donors (Lipinski definition) is 1. The van der Waals surface area contributed by atoms with Crippen LogP contribution in [0.4, 0.5) is 0 Å². The molecule has 26 heavy (non-hydrogen) atoms. The SMILES string of the molecule is CC(C)(c1cc(O)c2c(-c3cc(Cl)cc(Cl)c3)coc2c1)c1cccs1. The van der Waals surface area contributed by atoms with Gasteiger partial charge in [-0.2, -0.15) is 0 Å². The smallest absolute Gasteiger partial charge is 0.138 e. The third-order valence-electron chi connectivity index (χ3n) is 4.69. The molecule has 2 heterocycles. The molecule has 2 nitrogen and oxygen atoms in total. The average molecular weight is 403 g/mol. The van der Waals surface area contributed by atoms with Crippen molar-refractivity contribution in [1.82, 2.24) is 0 Å². The van der Waals surface area contributed by atoms with Crippen LogP contribution in [0.3, 0.4) is 0 Å². The van der Waals surface area contributed by atoms with Gasteiger partial charge in [-0.1, -0.05) is 43.1 Å².